The third-order valence-electron chi connectivity index (χ3n) is 5.97. The highest BCUT2D eigenvalue weighted by atomic mass is 16.3. The average Bonchev–Trinajstić information content (AvgIpc) is 2.27. The molecule has 4 aliphatic carbocycles. The van der Waals surface area contributed by atoms with Crippen LogP contribution in [0.15, 0.2) is 0 Å². The highest BCUT2D eigenvalue weighted by molar-refractivity contribution is 5.03. The van der Waals surface area contributed by atoms with Crippen LogP contribution in [-0.2, 0) is 0 Å². The molecule has 0 aromatic rings. The molecule has 2 N–H and O–H groups in total. The number of aliphatic hydroxyl groups excluding tert-OH is 1. The molecule has 4 saturated carbocycles. The minimum atomic E-state index is 0.108. The van der Waals surface area contributed by atoms with Crippen LogP contribution >= 0.6 is 0 Å². The first kappa shape index (κ1) is 12.0. The fraction of sp³-hybridized carbons (Fsp3) is 1.00. The Morgan fingerprint density at radius 3 is 2.00 bits per heavy atom. The molecule has 2 heteroatoms. The van der Waals surface area contributed by atoms with Crippen LogP contribution in [0.25, 0.3) is 0 Å². The molecule has 2 nitrogen and oxygen atoms in total. The summed E-state index contributed by atoms with van der Waals surface area (Å²) in [7, 11) is 2.02. The Balaban J connectivity index is 1.83. The zero-order valence-corrected chi connectivity index (χ0v) is 11.3. The first-order valence-corrected chi connectivity index (χ1v) is 7.41. The number of aliphatic hydroxyl groups is 1. The maximum atomic E-state index is 9.86. The molecule has 0 aromatic heterocycles. The molecule has 4 aliphatic rings. The van der Waals surface area contributed by atoms with Crippen LogP contribution in [0.1, 0.15) is 39.0 Å². The Hall–Kier alpha value is -0.0800. The first-order valence-electron chi connectivity index (χ1n) is 7.41. The highest BCUT2D eigenvalue weighted by Gasteiger charge is 2.53. The van der Waals surface area contributed by atoms with Crippen molar-refractivity contribution in [2.45, 2.75) is 39.0 Å². The van der Waals surface area contributed by atoms with Crippen molar-refractivity contribution in [2.75, 3.05) is 20.2 Å². The summed E-state index contributed by atoms with van der Waals surface area (Å²) in [5.74, 6) is 4.67. The largest absolute Gasteiger partial charge is 0.396 e. The molecule has 4 bridgehead atoms. The molecule has 0 spiro atoms. The number of hydrogen-bond acceptors (Lipinski definition) is 2. The third-order valence-corrected chi connectivity index (χ3v) is 5.97. The molecule has 1 atom stereocenters. The predicted molar refractivity (Wildman–Crippen MR) is 69.7 cm³/mol. The van der Waals surface area contributed by atoms with Gasteiger partial charge in [-0.1, -0.05) is 6.92 Å². The Bertz CT molecular complexity index is 263. The molecular weight excluding hydrogens is 210 g/mol. The summed E-state index contributed by atoms with van der Waals surface area (Å²) in [6, 6.07) is 0. The van der Waals surface area contributed by atoms with Gasteiger partial charge in [0.25, 0.3) is 0 Å². The first-order chi connectivity index (χ1) is 8.16. The lowest BCUT2D eigenvalue weighted by Crippen LogP contribution is -2.54. The summed E-state index contributed by atoms with van der Waals surface area (Å²) < 4.78 is 0. The van der Waals surface area contributed by atoms with E-state index in [1.54, 1.807) is 0 Å². The van der Waals surface area contributed by atoms with E-state index in [2.05, 4.69) is 12.2 Å². The summed E-state index contributed by atoms with van der Waals surface area (Å²) in [5, 5.41) is 13.2. The van der Waals surface area contributed by atoms with E-state index in [9.17, 15) is 5.11 Å². The van der Waals surface area contributed by atoms with Gasteiger partial charge in [0, 0.05) is 18.6 Å². The standard InChI is InChI=1S/C15H27NO/c1-15(9-17,8-16-2)14-12-4-10-3-11(6-12)7-13(14)5-10/h10-14,16-17H,3-9H2,1-2H3. The summed E-state index contributed by atoms with van der Waals surface area (Å²) >= 11 is 0. The van der Waals surface area contributed by atoms with Crippen LogP contribution in [-0.4, -0.2) is 25.3 Å². The molecule has 0 radical (unpaired) electrons. The minimum Gasteiger partial charge on any atom is -0.396 e. The zero-order valence-electron chi connectivity index (χ0n) is 11.3. The van der Waals surface area contributed by atoms with Crippen molar-refractivity contribution < 1.29 is 5.11 Å². The summed E-state index contributed by atoms with van der Waals surface area (Å²) in [6.45, 7) is 3.62. The fourth-order valence-electron chi connectivity index (χ4n) is 5.75. The summed E-state index contributed by atoms with van der Waals surface area (Å²) in [5.41, 5.74) is 0.108. The Kier molecular flexibility index (Phi) is 2.99. The SMILES string of the molecule is CNCC(C)(CO)C1C2CC3CC(C2)CC1C3. The monoisotopic (exact) mass is 237 g/mol. The van der Waals surface area contributed by atoms with Gasteiger partial charge in [-0.3, -0.25) is 0 Å². The van der Waals surface area contributed by atoms with E-state index < -0.39 is 0 Å². The zero-order chi connectivity index (χ0) is 12.0. The van der Waals surface area contributed by atoms with E-state index in [-0.39, 0.29) is 5.41 Å². The second-order valence-corrected chi connectivity index (χ2v) is 7.30. The van der Waals surface area contributed by atoms with Crippen molar-refractivity contribution >= 4 is 0 Å². The van der Waals surface area contributed by atoms with Gasteiger partial charge in [-0.25, -0.2) is 0 Å². The van der Waals surface area contributed by atoms with Crippen LogP contribution in [0.2, 0.25) is 0 Å². The second kappa shape index (κ2) is 4.24. The van der Waals surface area contributed by atoms with Gasteiger partial charge < -0.3 is 10.4 Å². The molecule has 1 unspecified atom stereocenters. The Morgan fingerprint density at radius 1 is 1.06 bits per heavy atom. The van der Waals surface area contributed by atoms with E-state index in [4.69, 9.17) is 0 Å². The summed E-state index contributed by atoms with van der Waals surface area (Å²) in [4.78, 5) is 0. The van der Waals surface area contributed by atoms with Crippen LogP contribution in [0, 0.1) is 35.0 Å². The number of nitrogens with one attached hydrogen (secondary N) is 1. The van der Waals surface area contributed by atoms with Crippen molar-refractivity contribution in [3.05, 3.63) is 0 Å². The Labute approximate surface area is 105 Å². The van der Waals surface area contributed by atoms with Crippen molar-refractivity contribution in [2.24, 2.45) is 35.0 Å². The van der Waals surface area contributed by atoms with E-state index in [0.29, 0.717) is 6.61 Å². The smallest absolute Gasteiger partial charge is 0.0499 e. The molecule has 0 amide bonds. The fourth-order valence-corrected chi connectivity index (χ4v) is 5.75. The summed E-state index contributed by atoms with van der Waals surface area (Å²) in [6.07, 6.45) is 7.34. The van der Waals surface area contributed by atoms with Crippen LogP contribution < -0.4 is 5.32 Å². The molecule has 4 rings (SSSR count). The quantitative estimate of drug-likeness (QED) is 0.786. The molecule has 4 fully saturated rings. The van der Waals surface area contributed by atoms with Crippen LogP contribution in [0.3, 0.4) is 0 Å². The molecule has 0 aliphatic heterocycles. The van der Waals surface area contributed by atoms with Crippen molar-refractivity contribution in [1.82, 2.24) is 5.32 Å². The maximum Gasteiger partial charge on any atom is 0.0499 e. The molecule has 0 heterocycles. The van der Waals surface area contributed by atoms with Gasteiger partial charge in [0.05, 0.1) is 0 Å². The van der Waals surface area contributed by atoms with Gasteiger partial charge in [0.2, 0.25) is 0 Å². The highest BCUT2D eigenvalue weighted by Crippen LogP contribution is 2.60. The maximum absolute atomic E-state index is 9.86. The lowest BCUT2D eigenvalue weighted by molar-refractivity contribution is -0.105. The van der Waals surface area contributed by atoms with Crippen molar-refractivity contribution in [3.63, 3.8) is 0 Å². The van der Waals surface area contributed by atoms with Crippen molar-refractivity contribution in [3.8, 4) is 0 Å². The second-order valence-electron chi connectivity index (χ2n) is 7.30. The van der Waals surface area contributed by atoms with E-state index in [0.717, 1.165) is 36.1 Å². The topological polar surface area (TPSA) is 32.3 Å². The van der Waals surface area contributed by atoms with Crippen LogP contribution in [0.5, 0.6) is 0 Å². The lowest BCUT2D eigenvalue weighted by atomic mass is 9.47. The van der Waals surface area contributed by atoms with E-state index >= 15 is 0 Å². The van der Waals surface area contributed by atoms with Gasteiger partial charge in [0.1, 0.15) is 0 Å². The molecule has 17 heavy (non-hydrogen) atoms. The van der Waals surface area contributed by atoms with Gasteiger partial charge in [-0.2, -0.15) is 0 Å². The minimum absolute atomic E-state index is 0.108. The predicted octanol–water partition coefficient (Wildman–Crippen LogP) is 2.28. The van der Waals surface area contributed by atoms with Gasteiger partial charge in [-0.15, -0.1) is 0 Å². The van der Waals surface area contributed by atoms with Crippen molar-refractivity contribution in [1.29, 1.82) is 0 Å². The van der Waals surface area contributed by atoms with Gasteiger partial charge in [-0.05, 0) is 68.7 Å². The third kappa shape index (κ3) is 1.84. The number of hydrogen-bond donors (Lipinski definition) is 2. The Morgan fingerprint density at radius 2 is 1.59 bits per heavy atom. The van der Waals surface area contributed by atoms with E-state index in [1.165, 1.54) is 32.1 Å². The molecular formula is C15H27NO. The normalized spacial score (nSPS) is 47.1. The average molecular weight is 237 g/mol. The lowest BCUT2D eigenvalue weighted by Gasteiger charge is -2.59. The van der Waals surface area contributed by atoms with Crippen LogP contribution in [0.4, 0.5) is 0 Å². The molecule has 0 saturated heterocycles. The molecule has 98 valence electrons. The van der Waals surface area contributed by atoms with E-state index in [1.807, 2.05) is 7.05 Å². The van der Waals surface area contributed by atoms with Gasteiger partial charge in [0.15, 0.2) is 0 Å². The number of rotatable bonds is 4. The van der Waals surface area contributed by atoms with Gasteiger partial charge >= 0.3 is 0 Å². The molecule has 0 aromatic carbocycles.